The normalized spacial score (nSPS) is 25.6. The number of Topliss-reactive ketones (excluding diaryl/α,β-unsaturated/α-hetero) is 1. The lowest BCUT2D eigenvalue weighted by Gasteiger charge is -2.30. The van der Waals surface area contributed by atoms with Gasteiger partial charge < -0.3 is 9.52 Å². The Bertz CT molecular complexity index is 393. The number of carboxylic acid groups (broad SMARTS) is 1. The van der Waals surface area contributed by atoms with Crippen LogP contribution in [0.4, 0.5) is 0 Å². The zero-order chi connectivity index (χ0) is 11.6. The van der Waals surface area contributed by atoms with Gasteiger partial charge in [-0.15, -0.1) is 0 Å². The van der Waals surface area contributed by atoms with Gasteiger partial charge in [0.15, 0.2) is 5.78 Å². The fraction of sp³-hybridized carbons (Fsp3) is 0.500. The largest absolute Gasteiger partial charge is 0.480 e. The molecule has 1 heterocycles. The van der Waals surface area contributed by atoms with Crippen molar-refractivity contribution in [1.82, 2.24) is 0 Å². The van der Waals surface area contributed by atoms with E-state index in [9.17, 15) is 14.7 Å². The van der Waals surface area contributed by atoms with Crippen LogP contribution in [-0.2, 0) is 16.0 Å². The monoisotopic (exact) mass is 222 g/mol. The van der Waals surface area contributed by atoms with E-state index >= 15 is 0 Å². The molecule has 0 aromatic carbocycles. The van der Waals surface area contributed by atoms with Crippen molar-refractivity contribution in [2.75, 3.05) is 0 Å². The van der Waals surface area contributed by atoms with Crippen LogP contribution in [0, 0.1) is 5.41 Å². The molecule has 0 spiro atoms. The number of ketones is 1. The minimum Gasteiger partial charge on any atom is -0.480 e. The van der Waals surface area contributed by atoms with Crippen LogP contribution in [0.2, 0.25) is 0 Å². The molecule has 1 atom stereocenters. The molecule has 4 nitrogen and oxygen atoms in total. The zero-order valence-electron chi connectivity index (χ0n) is 8.94. The van der Waals surface area contributed by atoms with Crippen LogP contribution in [0.15, 0.2) is 22.8 Å². The average molecular weight is 222 g/mol. The summed E-state index contributed by atoms with van der Waals surface area (Å²) in [7, 11) is 0. The van der Waals surface area contributed by atoms with Gasteiger partial charge in [-0.3, -0.25) is 9.59 Å². The number of carbonyl (C=O) groups excluding carboxylic acids is 1. The summed E-state index contributed by atoms with van der Waals surface area (Å²) >= 11 is 0. The Morgan fingerprint density at radius 3 is 2.88 bits per heavy atom. The van der Waals surface area contributed by atoms with Crippen molar-refractivity contribution >= 4 is 11.8 Å². The van der Waals surface area contributed by atoms with Crippen LogP contribution in [-0.4, -0.2) is 16.9 Å². The van der Waals surface area contributed by atoms with E-state index in [1.54, 1.807) is 12.1 Å². The van der Waals surface area contributed by atoms with Gasteiger partial charge in [-0.05, 0) is 25.0 Å². The number of hydrogen-bond donors (Lipinski definition) is 1. The van der Waals surface area contributed by atoms with E-state index in [1.165, 1.54) is 6.26 Å². The van der Waals surface area contributed by atoms with E-state index in [0.29, 0.717) is 18.6 Å². The summed E-state index contributed by atoms with van der Waals surface area (Å²) in [4.78, 5) is 23.2. The van der Waals surface area contributed by atoms with Gasteiger partial charge in [0, 0.05) is 12.8 Å². The number of aliphatic carboxylic acids is 1. The lowest BCUT2D eigenvalue weighted by molar-refractivity contribution is -0.157. The molecule has 1 aromatic heterocycles. The third kappa shape index (κ3) is 1.75. The van der Waals surface area contributed by atoms with E-state index in [-0.39, 0.29) is 12.2 Å². The molecule has 0 saturated heterocycles. The average Bonchev–Trinajstić information content (AvgIpc) is 2.74. The molecule has 1 saturated carbocycles. The highest BCUT2D eigenvalue weighted by Crippen LogP contribution is 2.36. The molecule has 0 aliphatic heterocycles. The van der Waals surface area contributed by atoms with Gasteiger partial charge in [-0.1, -0.05) is 6.42 Å². The van der Waals surface area contributed by atoms with Crippen molar-refractivity contribution in [2.45, 2.75) is 32.1 Å². The predicted molar refractivity (Wildman–Crippen MR) is 56.0 cm³/mol. The van der Waals surface area contributed by atoms with E-state index in [2.05, 4.69) is 0 Å². The van der Waals surface area contributed by atoms with Gasteiger partial charge in [0.1, 0.15) is 11.2 Å². The Hall–Kier alpha value is -1.58. The maximum atomic E-state index is 11.9. The van der Waals surface area contributed by atoms with Gasteiger partial charge in [0.05, 0.1) is 6.26 Å². The van der Waals surface area contributed by atoms with Crippen LogP contribution < -0.4 is 0 Å². The second-order valence-electron chi connectivity index (χ2n) is 4.27. The smallest absolute Gasteiger partial charge is 0.317 e. The SMILES string of the molecule is O=C(O)C1(Cc2ccco2)CCCCC1=O. The number of rotatable bonds is 3. The highest BCUT2D eigenvalue weighted by atomic mass is 16.4. The zero-order valence-corrected chi connectivity index (χ0v) is 8.94. The fourth-order valence-electron chi connectivity index (χ4n) is 2.29. The minimum atomic E-state index is -1.25. The van der Waals surface area contributed by atoms with E-state index in [1.807, 2.05) is 0 Å². The molecular weight excluding hydrogens is 208 g/mol. The molecular formula is C12H14O4. The number of carboxylic acids is 1. The topological polar surface area (TPSA) is 67.5 Å². The first kappa shape index (κ1) is 10.9. The third-order valence-corrected chi connectivity index (χ3v) is 3.26. The van der Waals surface area contributed by atoms with Crippen molar-refractivity contribution < 1.29 is 19.1 Å². The lowest BCUT2D eigenvalue weighted by atomic mass is 9.70. The van der Waals surface area contributed by atoms with E-state index in [4.69, 9.17) is 4.42 Å². The molecule has 0 bridgehead atoms. The number of carbonyl (C=O) groups is 2. The first-order valence-corrected chi connectivity index (χ1v) is 5.44. The molecule has 4 heteroatoms. The molecule has 1 aliphatic carbocycles. The summed E-state index contributed by atoms with van der Waals surface area (Å²) in [5.41, 5.74) is -1.25. The first-order valence-electron chi connectivity index (χ1n) is 5.44. The summed E-state index contributed by atoms with van der Waals surface area (Å²) in [6, 6.07) is 3.42. The van der Waals surface area contributed by atoms with Crippen LogP contribution in [0.3, 0.4) is 0 Å². The Labute approximate surface area is 93.3 Å². The van der Waals surface area contributed by atoms with E-state index in [0.717, 1.165) is 12.8 Å². The predicted octanol–water partition coefficient (Wildman–Crippen LogP) is 2.04. The van der Waals surface area contributed by atoms with Gasteiger partial charge in [-0.25, -0.2) is 0 Å². The second kappa shape index (κ2) is 4.12. The van der Waals surface area contributed by atoms with Crippen molar-refractivity contribution in [2.24, 2.45) is 5.41 Å². The summed E-state index contributed by atoms with van der Waals surface area (Å²) in [6.45, 7) is 0. The van der Waals surface area contributed by atoms with Crippen molar-refractivity contribution in [3.8, 4) is 0 Å². The van der Waals surface area contributed by atoms with Crippen LogP contribution >= 0.6 is 0 Å². The maximum absolute atomic E-state index is 11.9. The Balaban J connectivity index is 2.27. The maximum Gasteiger partial charge on any atom is 0.317 e. The van der Waals surface area contributed by atoms with Crippen LogP contribution in [0.5, 0.6) is 0 Å². The molecule has 1 aromatic rings. The van der Waals surface area contributed by atoms with Gasteiger partial charge in [-0.2, -0.15) is 0 Å². The van der Waals surface area contributed by atoms with Crippen molar-refractivity contribution in [1.29, 1.82) is 0 Å². The molecule has 86 valence electrons. The number of hydrogen-bond acceptors (Lipinski definition) is 3. The standard InChI is InChI=1S/C12H14O4/c13-10-5-1-2-6-12(10,11(14)15)8-9-4-3-7-16-9/h3-4,7H,1-2,5-6,8H2,(H,14,15). The molecule has 0 amide bonds. The van der Waals surface area contributed by atoms with Crippen LogP contribution in [0.25, 0.3) is 0 Å². The summed E-state index contributed by atoms with van der Waals surface area (Å²) in [5.74, 6) is -0.617. The Morgan fingerprint density at radius 2 is 2.31 bits per heavy atom. The first-order chi connectivity index (χ1) is 7.65. The van der Waals surface area contributed by atoms with Crippen LogP contribution in [0.1, 0.15) is 31.4 Å². The highest BCUT2D eigenvalue weighted by molar-refractivity contribution is 6.03. The Kier molecular flexibility index (Phi) is 2.81. The van der Waals surface area contributed by atoms with Gasteiger partial charge >= 0.3 is 5.97 Å². The van der Waals surface area contributed by atoms with E-state index < -0.39 is 11.4 Å². The van der Waals surface area contributed by atoms with Crippen molar-refractivity contribution in [3.63, 3.8) is 0 Å². The number of furan rings is 1. The molecule has 1 unspecified atom stereocenters. The van der Waals surface area contributed by atoms with Crippen molar-refractivity contribution in [3.05, 3.63) is 24.2 Å². The summed E-state index contributed by atoms with van der Waals surface area (Å²) in [6.07, 6.45) is 4.05. The molecule has 0 radical (unpaired) electrons. The second-order valence-corrected chi connectivity index (χ2v) is 4.27. The molecule has 2 rings (SSSR count). The fourth-order valence-corrected chi connectivity index (χ4v) is 2.29. The molecule has 1 N–H and O–H groups in total. The lowest BCUT2D eigenvalue weighted by Crippen LogP contribution is -2.43. The minimum absolute atomic E-state index is 0.164. The molecule has 1 fully saturated rings. The van der Waals surface area contributed by atoms with Gasteiger partial charge in [0.2, 0.25) is 0 Å². The molecule has 16 heavy (non-hydrogen) atoms. The van der Waals surface area contributed by atoms with Gasteiger partial charge in [0.25, 0.3) is 0 Å². The molecule has 1 aliphatic rings. The summed E-state index contributed by atoms with van der Waals surface area (Å²) < 4.78 is 5.14. The highest BCUT2D eigenvalue weighted by Gasteiger charge is 2.47. The quantitative estimate of drug-likeness (QED) is 0.794. The Morgan fingerprint density at radius 1 is 1.50 bits per heavy atom. The summed E-state index contributed by atoms with van der Waals surface area (Å²) in [5, 5.41) is 9.30. The third-order valence-electron chi connectivity index (χ3n) is 3.26.